The van der Waals surface area contributed by atoms with E-state index in [0.717, 1.165) is 0 Å². The van der Waals surface area contributed by atoms with Gasteiger partial charge in [0.05, 0.1) is 17.7 Å². The normalized spacial score (nSPS) is 11.1. The highest BCUT2D eigenvalue weighted by Crippen LogP contribution is 2.37. The molecule has 0 aliphatic carbocycles. The summed E-state index contributed by atoms with van der Waals surface area (Å²) in [7, 11) is 0. The molecule has 0 spiro atoms. The van der Waals surface area contributed by atoms with Gasteiger partial charge in [0.1, 0.15) is 11.6 Å². The zero-order chi connectivity index (χ0) is 17.4. The molecule has 0 fully saturated rings. The number of benzene rings is 1. The molecule has 0 aliphatic heterocycles. The highest BCUT2D eigenvalue weighted by Gasteiger charge is 2.14. The number of carbonyl (C=O) groups is 1. The molecular formula is C17H21BrN2O3. The van der Waals surface area contributed by atoms with Gasteiger partial charge >= 0.3 is 0 Å². The molecule has 1 rings (SSSR count). The summed E-state index contributed by atoms with van der Waals surface area (Å²) >= 11 is 3.44. The van der Waals surface area contributed by atoms with E-state index in [0.29, 0.717) is 34.7 Å². The summed E-state index contributed by atoms with van der Waals surface area (Å²) in [6.45, 7) is 8.44. The smallest absolute Gasteiger partial charge is 0.262 e. The Bertz CT molecular complexity index is 633. The van der Waals surface area contributed by atoms with Gasteiger partial charge < -0.3 is 14.8 Å². The standard InChI is InChI=1S/C17H21BrN2O3/c1-5-22-15-9-12(8-14(18)16(15)23-6-2)7-13(10-19)17(21)20-11(3)4/h7-9,11H,5-6H2,1-4H3,(H,20,21)/b13-7-. The number of nitrogens with one attached hydrogen (secondary N) is 1. The number of nitrogens with zero attached hydrogens (tertiary/aromatic N) is 1. The number of ether oxygens (including phenoxy) is 2. The van der Waals surface area contributed by atoms with Crippen molar-refractivity contribution in [2.75, 3.05) is 13.2 Å². The fraction of sp³-hybridized carbons (Fsp3) is 0.412. The van der Waals surface area contributed by atoms with E-state index in [1.165, 1.54) is 6.08 Å². The summed E-state index contributed by atoms with van der Waals surface area (Å²) in [6.07, 6.45) is 1.53. The quantitative estimate of drug-likeness (QED) is 0.578. The van der Waals surface area contributed by atoms with Crippen LogP contribution >= 0.6 is 15.9 Å². The van der Waals surface area contributed by atoms with Crippen molar-refractivity contribution in [1.29, 1.82) is 5.26 Å². The van der Waals surface area contributed by atoms with Gasteiger partial charge in [-0.25, -0.2) is 0 Å². The molecule has 6 heteroatoms. The second-order valence-electron chi connectivity index (χ2n) is 4.99. The van der Waals surface area contributed by atoms with Gasteiger partial charge in [0.15, 0.2) is 11.5 Å². The Labute approximate surface area is 145 Å². The SMILES string of the molecule is CCOc1cc(/C=C(/C#N)C(=O)NC(C)C)cc(Br)c1OCC. The lowest BCUT2D eigenvalue weighted by Gasteiger charge is -2.14. The van der Waals surface area contributed by atoms with Crippen molar-refractivity contribution in [1.82, 2.24) is 5.32 Å². The van der Waals surface area contributed by atoms with Crippen LogP contribution in [0.15, 0.2) is 22.2 Å². The summed E-state index contributed by atoms with van der Waals surface area (Å²) in [6, 6.07) is 5.43. The molecule has 0 bridgehead atoms. The van der Waals surface area contributed by atoms with E-state index in [1.54, 1.807) is 12.1 Å². The lowest BCUT2D eigenvalue weighted by molar-refractivity contribution is -0.117. The third-order valence-electron chi connectivity index (χ3n) is 2.72. The van der Waals surface area contributed by atoms with E-state index in [2.05, 4.69) is 21.2 Å². The number of hydrogen-bond donors (Lipinski definition) is 1. The predicted octanol–water partition coefficient (Wildman–Crippen LogP) is 3.68. The van der Waals surface area contributed by atoms with Crippen LogP contribution in [0.5, 0.6) is 11.5 Å². The lowest BCUT2D eigenvalue weighted by atomic mass is 10.1. The maximum absolute atomic E-state index is 12.0. The highest BCUT2D eigenvalue weighted by molar-refractivity contribution is 9.10. The van der Waals surface area contributed by atoms with Crippen molar-refractivity contribution in [3.63, 3.8) is 0 Å². The second-order valence-corrected chi connectivity index (χ2v) is 5.85. The van der Waals surface area contributed by atoms with Gasteiger partial charge in [-0.05, 0) is 67.4 Å². The lowest BCUT2D eigenvalue weighted by Crippen LogP contribution is -2.30. The Kier molecular flexibility index (Phi) is 7.63. The number of carbonyl (C=O) groups excluding carboxylic acids is 1. The Morgan fingerprint density at radius 2 is 2.00 bits per heavy atom. The Morgan fingerprint density at radius 1 is 1.35 bits per heavy atom. The van der Waals surface area contributed by atoms with Crippen LogP contribution in [-0.2, 0) is 4.79 Å². The van der Waals surface area contributed by atoms with E-state index in [9.17, 15) is 10.1 Å². The van der Waals surface area contributed by atoms with Crippen LogP contribution in [0.1, 0.15) is 33.3 Å². The van der Waals surface area contributed by atoms with Crippen LogP contribution in [0, 0.1) is 11.3 Å². The number of amides is 1. The molecular weight excluding hydrogens is 360 g/mol. The molecule has 0 saturated heterocycles. The van der Waals surface area contributed by atoms with Crippen LogP contribution in [0.25, 0.3) is 6.08 Å². The Balaban J connectivity index is 3.24. The van der Waals surface area contributed by atoms with Crippen LogP contribution in [0.4, 0.5) is 0 Å². The molecule has 1 aromatic rings. The average molecular weight is 381 g/mol. The number of rotatable bonds is 7. The van der Waals surface area contributed by atoms with Gasteiger partial charge in [-0.1, -0.05) is 0 Å². The van der Waals surface area contributed by atoms with Crippen molar-refractivity contribution in [3.05, 3.63) is 27.7 Å². The van der Waals surface area contributed by atoms with E-state index in [1.807, 2.05) is 33.8 Å². The molecule has 1 amide bonds. The first-order valence-corrected chi connectivity index (χ1v) is 8.23. The zero-order valence-electron chi connectivity index (χ0n) is 13.8. The van der Waals surface area contributed by atoms with Gasteiger partial charge in [0.2, 0.25) is 0 Å². The van der Waals surface area contributed by atoms with E-state index < -0.39 is 5.91 Å². The third-order valence-corrected chi connectivity index (χ3v) is 3.31. The molecule has 0 unspecified atom stereocenters. The summed E-state index contributed by atoms with van der Waals surface area (Å²) < 4.78 is 11.9. The van der Waals surface area contributed by atoms with Crippen LogP contribution < -0.4 is 14.8 Å². The molecule has 0 atom stereocenters. The van der Waals surface area contributed by atoms with Crippen molar-refractivity contribution < 1.29 is 14.3 Å². The van der Waals surface area contributed by atoms with Gasteiger partial charge in [-0.2, -0.15) is 5.26 Å². The topological polar surface area (TPSA) is 71.3 Å². The molecule has 0 aliphatic rings. The number of nitriles is 1. The van der Waals surface area contributed by atoms with Crippen molar-refractivity contribution in [2.45, 2.75) is 33.7 Å². The van der Waals surface area contributed by atoms with Crippen molar-refractivity contribution in [3.8, 4) is 17.6 Å². The minimum atomic E-state index is -0.398. The maximum atomic E-state index is 12.0. The minimum Gasteiger partial charge on any atom is -0.490 e. The first kappa shape index (κ1) is 19.0. The summed E-state index contributed by atoms with van der Waals surface area (Å²) in [4.78, 5) is 12.0. The molecule has 0 radical (unpaired) electrons. The molecule has 1 N–H and O–H groups in total. The second kappa shape index (κ2) is 9.21. The Hall–Kier alpha value is -2.00. The fourth-order valence-electron chi connectivity index (χ4n) is 1.87. The average Bonchev–Trinajstić information content (AvgIpc) is 2.47. The largest absolute Gasteiger partial charge is 0.490 e. The number of halogens is 1. The van der Waals surface area contributed by atoms with Gasteiger partial charge in [0, 0.05) is 6.04 Å². The van der Waals surface area contributed by atoms with Crippen LogP contribution in [-0.4, -0.2) is 25.2 Å². The summed E-state index contributed by atoms with van der Waals surface area (Å²) in [5.74, 6) is 0.777. The van der Waals surface area contributed by atoms with Crippen molar-refractivity contribution >= 4 is 27.9 Å². The molecule has 124 valence electrons. The molecule has 0 aromatic heterocycles. The van der Waals surface area contributed by atoms with Crippen LogP contribution in [0.3, 0.4) is 0 Å². The van der Waals surface area contributed by atoms with E-state index >= 15 is 0 Å². The predicted molar refractivity (Wildman–Crippen MR) is 93.3 cm³/mol. The molecule has 0 heterocycles. The van der Waals surface area contributed by atoms with Gasteiger partial charge in [-0.3, -0.25) is 4.79 Å². The molecule has 23 heavy (non-hydrogen) atoms. The van der Waals surface area contributed by atoms with Crippen LogP contribution in [0.2, 0.25) is 0 Å². The first-order chi connectivity index (χ1) is 10.9. The third kappa shape index (κ3) is 5.61. The molecule has 0 saturated carbocycles. The van der Waals surface area contributed by atoms with Crippen molar-refractivity contribution in [2.24, 2.45) is 0 Å². The zero-order valence-corrected chi connectivity index (χ0v) is 15.4. The minimum absolute atomic E-state index is 0.0368. The molecule has 5 nitrogen and oxygen atoms in total. The molecule has 1 aromatic carbocycles. The highest BCUT2D eigenvalue weighted by atomic mass is 79.9. The first-order valence-electron chi connectivity index (χ1n) is 7.44. The fourth-order valence-corrected chi connectivity index (χ4v) is 2.45. The van der Waals surface area contributed by atoms with Gasteiger partial charge in [0.25, 0.3) is 5.91 Å². The summed E-state index contributed by atoms with van der Waals surface area (Å²) in [5.41, 5.74) is 0.719. The number of hydrogen-bond acceptors (Lipinski definition) is 4. The maximum Gasteiger partial charge on any atom is 0.262 e. The van der Waals surface area contributed by atoms with E-state index in [-0.39, 0.29) is 11.6 Å². The van der Waals surface area contributed by atoms with Gasteiger partial charge in [-0.15, -0.1) is 0 Å². The summed E-state index contributed by atoms with van der Waals surface area (Å²) in [5, 5.41) is 11.9. The Morgan fingerprint density at radius 3 is 2.52 bits per heavy atom. The monoisotopic (exact) mass is 380 g/mol. The van der Waals surface area contributed by atoms with E-state index in [4.69, 9.17) is 9.47 Å².